The molecule has 2 aromatic carbocycles. The summed E-state index contributed by atoms with van der Waals surface area (Å²) in [5, 5.41) is 2.64. The largest absolute Gasteiger partial charge is 0.325 e. The summed E-state index contributed by atoms with van der Waals surface area (Å²) < 4.78 is 13.9. The Kier molecular flexibility index (Phi) is 3.94. The van der Waals surface area contributed by atoms with E-state index in [-0.39, 0.29) is 28.4 Å². The predicted octanol–water partition coefficient (Wildman–Crippen LogP) is 3.18. The Hall–Kier alpha value is -2.21. The van der Waals surface area contributed by atoms with E-state index in [0.717, 1.165) is 11.6 Å². The standard InChI is InChI=1S/C16H12BrFN2O2/c17-12-7-14-11(6-13(12)18)16(22)20(9-15(21)19-14)8-10-4-2-1-3-5-10/h1-7H,8-9H2,(H,19,21). The number of amides is 2. The molecule has 0 aromatic heterocycles. The van der Waals surface area contributed by atoms with Crippen molar-refractivity contribution in [1.29, 1.82) is 0 Å². The maximum Gasteiger partial charge on any atom is 0.256 e. The van der Waals surface area contributed by atoms with Crippen LogP contribution in [-0.4, -0.2) is 23.3 Å². The number of carbonyl (C=O) groups is 2. The number of nitrogens with one attached hydrogen (secondary N) is 1. The van der Waals surface area contributed by atoms with Crippen LogP contribution >= 0.6 is 15.9 Å². The fourth-order valence-corrected chi connectivity index (χ4v) is 2.71. The van der Waals surface area contributed by atoms with Crippen molar-refractivity contribution >= 4 is 33.4 Å². The lowest BCUT2D eigenvalue weighted by Gasteiger charge is -2.19. The molecule has 2 amide bonds. The van der Waals surface area contributed by atoms with E-state index in [9.17, 15) is 14.0 Å². The van der Waals surface area contributed by atoms with E-state index in [1.54, 1.807) is 0 Å². The van der Waals surface area contributed by atoms with Gasteiger partial charge in [-0.2, -0.15) is 0 Å². The number of halogens is 2. The maximum absolute atomic E-state index is 13.7. The molecule has 0 aliphatic carbocycles. The van der Waals surface area contributed by atoms with Gasteiger partial charge < -0.3 is 10.2 Å². The Morgan fingerprint density at radius 1 is 1.18 bits per heavy atom. The molecule has 0 unspecified atom stereocenters. The molecular weight excluding hydrogens is 351 g/mol. The molecule has 1 N–H and O–H groups in total. The first-order chi connectivity index (χ1) is 10.5. The van der Waals surface area contributed by atoms with Crippen LogP contribution in [-0.2, 0) is 11.3 Å². The van der Waals surface area contributed by atoms with Crippen LogP contribution in [0.15, 0.2) is 46.9 Å². The summed E-state index contributed by atoms with van der Waals surface area (Å²) in [5.74, 6) is -1.21. The molecule has 1 aliphatic rings. The number of nitrogens with zero attached hydrogens (tertiary/aromatic N) is 1. The van der Waals surface area contributed by atoms with Crippen molar-refractivity contribution in [3.05, 3.63) is 63.9 Å². The first kappa shape index (κ1) is 14.7. The second-order valence-corrected chi connectivity index (χ2v) is 5.86. The summed E-state index contributed by atoms with van der Waals surface area (Å²) in [6, 6.07) is 11.9. The molecule has 0 spiro atoms. The van der Waals surface area contributed by atoms with Crippen LogP contribution in [0.3, 0.4) is 0 Å². The monoisotopic (exact) mass is 362 g/mol. The molecule has 0 saturated carbocycles. The fraction of sp³-hybridized carbons (Fsp3) is 0.125. The summed E-state index contributed by atoms with van der Waals surface area (Å²) in [4.78, 5) is 26.0. The van der Waals surface area contributed by atoms with Gasteiger partial charge in [-0.15, -0.1) is 0 Å². The average Bonchev–Trinajstić information content (AvgIpc) is 2.60. The van der Waals surface area contributed by atoms with Gasteiger partial charge in [0, 0.05) is 6.54 Å². The Bertz CT molecular complexity index is 749. The van der Waals surface area contributed by atoms with Crippen molar-refractivity contribution in [1.82, 2.24) is 4.90 Å². The SMILES string of the molecule is O=C1CN(Cc2ccccc2)C(=O)c2cc(F)c(Br)cc2N1. The third-order valence-electron chi connectivity index (χ3n) is 3.40. The van der Waals surface area contributed by atoms with Gasteiger partial charge in [0.15, 0.2) is 0 Å². The zero-order valence-corrected chi connectivity index (χ0v) is 13.1. The Morgan fingerprint density at radius 3 is 2.64 bits per heavy atom. The number of rotatable bonds is 2. The van der Waals surface area contributed by atoms with Gasteiger partial charge in [-0.05, 0) is 33.6 Å². The Balaban J connectivity index is 1.97. The Labute approximate surface area is 135 Å². The quantitative estimate of drug-likeness (QED) is 0.891. The van der Waals surface area contributed by atoms with E-state index >= 15 is 0 Å². The second-order valence-electron chi connectivity index (χ2n) is 5.01. The minimum absolute atomic E-state index is 0.0678. The van der Waals surface area contributed by atoms with Gasteiger partial charge in [0.2, 0.25) is 5.91 Å². The number of anilines is 1. The van der Waals surface area contributed by atoms with Crippen LogP contribution in [0.4, 0.5) is 10.1 Å². The lowest BCUT2D eigenvalue weighted by Crippen LogP contribution is -2.34. The molecule has 3 rings (SSSR count). The molecular formula is C16H12BrFN2O2. The molecule has 4 nitrogen and oxygen atoms in total. The van der Waals surface area contributed by atoms with E-state index < -0.39 is 5.82 Å². The average molecular weight is 363 g/mol. The van der Waals surface area contributed by atoms with E-state index in [2.05, 4.69) is 21.2 Å². The molecule has 0 saturated heterocycles. The second kappa shape index (κ2) is 5.88. The van der Waals surface area contributed by atoms with Crippen LogP contribution in [0, 0.1) is 5.82 Å². The van der Waals surface area contributed by atoms with Crippen LogP contribution in [0.1, 0.15) is 15.9 Å². The van der Waals surface area contributed by atoms with Crippen LogP contribution in [0.25, 0.3) is 0 Å². The zero-order chi connectivity index (χ0) is 15.7. The normalized spacial score (nSPS) is 14.4. The molecule has 0 atom stereocenters. The van der Waals surface area contributed by atoms with E-state index in [1.165, 1.54) is 11.0 Å². The van der Waals surface area contributed by atoms with Crippen molar-refractivity contribution < 1.29 is 14.0 Å². The number of hydrogen-bond acceptors (Lipinski definition) is 2. The number of fused-ring (bicyclic) bond motifs is 1. The highest BCUT2D eigenvalue weighted by atomic mass is 79.9. The van der Waals surface area contributed by atoms with Gasteiger partial charge in [-0.1, -0.05) is 30.3 Å². The molecule has 0 fully saturated rings. The molecule has 6 heteroatoms. The third-order valence-corrected chi connectivity index (χ3v) is 4.01. The first-order valence-corrected chi connectivity index (χ1v) is 7.46. The fourth-order valence-electron chi connectivity index (χ4n) is 2.36. The van der Waals surface area contributed by atoms with Gasteiger partial charge in [0.25, 0.3) is 5.91 Å². The predicted molar refractivity (Wildman–Crippen MR) is 83.9 cm³/mol. The topological polar surface area (TPSA) is 49.4 Å². The molecule has 0 radical (unpaired) electrons. The molecule has 2 aromatic rings. The summed E-state index contributed by atoms with van der Waals surface area (Å²) in [6.07, 6.45) is 0. The highest BCUT2D eigenvalue weighted by molar-refractivity contribution is 9.10. The highest BCUT2D eigenvalue weighted by Gasteiger charge is 2.27. The van der Waals surface area contributed by atoms with Gasteiger partial charge in [-0.25, -0.2) is 4.39 Å². The maximum atomic E-state index is 13.7. The van der Waals surface area contributed by atoms with Crippen LogP contribution in [0.2, 0.25) is 0 Å². The van der Waals surface area contributed by atoms with Crippen LogP contribution in [0.5, 0.6) is 0 Å². The number of carbonyl (C=O) groups excluding carboxylic acids is 2. The summed E-state index contributed by atoms with van der Waals surface area (Å²) in [6.45, 7) is 0.228. The Morgan fingerprint density at radius 2 is 1.91 bits per heavy atom. The molecule has 0 bridgehead atoms. The molecule has 1 aliphatic heterocycles. The minimum Gasteiger partial charge on any atom is -0.325 e. The van der Waals surface area contributed by atoms with Gasteiger partial charge in [0.05, 0.1) is 15.7 Å². The minimum atomic E-state index is -0.539. The molecule has 112 valence electrons. The van der Waals surface area contributed by atoms with E-state index in [1.807, 2.05) is 30.3 Å². The van der Waals surface area contributed by atoms with Gasteiger partial charge >= 0.3 is 0 Å². The van der Waals surface area contributed by atoms with Gasteiger partial charge in [-0.3, -0.25) is 9.59 Å². The third kappa shape index (κ3) is 2.87. The number of hydrogen-bond donors (Lipinski definition) is 1. The van der Waals surface area contributed by atoms with Crippen molar-refractivity contribution in [2.24, 2.45) is 0 Å². The summed E-state index contributed by atoms with van der Waals surface area (Å²) in [7, 11) is 0. The van der Waals surface area contributed by atoms with Crippen molar-refractivity contribution in [3.63, 3.8) is 0 Å². The zero-order valence-electron chi connectivity index (χ0n) is 11.5. The highest BCUT2D eigenvalue weighted by Crippen LogP contribution is 2.28. The molecule has 1 heterocycles. The van der Waals surface area contributed by atoms with Crippen LogP contribution < -0.4 is 5.32 Å². The lowest BCUT2D eigenvalue weighted by atomic mass is 10.1. The van der Waals surface area contributed by atoms with Crippen molar-refractivity contribution in [3.8, 4) is 0 Å². The van der Waals surface area contributed by atoms with Crippen molar-refractivity contribution in [2.75, 3.05) is 11.9 Å². The van der Waals surface area contributed by atoms with Crippen molar-refractivity contribution in [2.45, 2.75) is 6.54 Å². The smallest absolute Gasteiger partial charge is 0.256 e. The first-order valence-electron chi connectivity index (χ1n) is 6.66. The van der Waals surface area contributed by atoms with E-state index in [0.29, 0.717) is 12.2 Å². The number of benzene rings is 2. The summed E-state index contributed by atoms with van der Waals surface area (Å²) in [5.41, 5.74) is 1.38. The van der Waals surface area contributed by atoms with Gasteiger partial charge in [0.1, 0.15) is 12.4 Å². The summed E-state index contributed by atoms with van der Waals surface area (Å²) >= 11 is 3.06. The molecule has 22 heavy (non-hydrogen) atoms. The van der Waals surface area contributed by atoms with E-state index in [4.69, 9.17) is 0 Å². The lowest BCUT2D eigenvalue weighted by molar-refractivity contribution is -0.116.